The number of Topliss-reactive ketones (excluding diaryl/α,β-unsaturated/α-hetero) is 1. The van der Waals surface area contributed by atoms with Crippen molar-refractivity contribution < 1.29 is 19.7 Å². The van der Waals surface area contributed by atoms with Gasteiger partial charge in [-0.15, -0.1) is 0 Å². The van der Waals surface area contributed by atoms with Crippen molar-refractivity contribution in [2.45, 2.75) is 26.1 Å². The van der Waals surface area contributed by atoms with Crippen molar-refractivity contribution in [1.29, 1.82) is 5.26 Å². The van der Waals surface area contributed by atoms with Crippen LogP contribution in [0.5, 0.6) is 0 Å². The van der Waals surface area contributed by atoms with E-state index in [0.717, 1.165) is 0 Å². The number of aliphatic hydroxyl groups is 2. The van der Waals surface area contributed by atoms with Crippen molar-refractivity contribution >= 4 is 5.78 Å². The summed E-state index contributed by atoms with van der Waals surface area (Å²) in [5.41, 5.74) is 3.07. The predicted molar refractivity (Wildman–Crippen MR) is 88.8 cm³/mol. The third kappa shape index (κ3) is 2.71. The molecule has 0 amide bonds. The molecule has 0 unspecified atom stereocenters. The summed E-state index contributed by atoms with van der Waals surface area (Å²) in [6.45, 7) is 3.33. The lowest BCUT2D eigenvalue weighted by molar-refractivity contribution is -0.0718. The van der Waals surface area contributed by atoms with Crippen molar-refractivity contribution in [3.8, 4) is 6.07 Å². The van der Waals surface area contributed by atoms with Crippen LogP contribution in [0, 0.1) is 16.7 Å². The molecular weight excluding hydrogens is 322 g/mol. The van der Waals surface area contributed by atoms with Gasteiger partial charge in [0.15, 0.2) is 11.9 Å². The molecule has 1 aromatic carbocycles. The fourth-order valence-electron chi connectivity index (χ4n) is 2.96. The van der Waals surface area contributed by atoms with Gasteiger partial charge >= 0.3 is 0 Å². The fourth-order valence-corrected chi connectivity index (χ4v) is 2.96. The Hall–Kier alpha value is -2.98. The van der Waals surface area contributed by atoms with E-state index < -0.39 is 17.6 Å². The highest BCUT2D eigenvalue weighted by atomic mass is 16.5. The van der Waals surface area contributed by atoms with E-state index >= 15 is 0 Å². The van der Waals surface area contributed by atoms with Gasteiger partial charge in [0.05, 0.1) is 17.0 Å². The number of ether oxygens (including phenoxy) is 1. The number of fused-ring (bicyclic) bond motifs is 1. The average Bonchev–Trinajstić information content (AvgIpc) is 2.59. The lowest BCUT2D eigenvalue weighted by atomic mass is 9.69. The molecule has 0 saturated heterocycles. The first kappa shape index (κ1) is 16.9. The van der Waals surface area contributed by atoms with Crippen LogP contribution in [0.15, 0.2) is 42.1 Å². The second-order valence-electron chi connectivity index (χ2n) is 6.67. The van der Waals surface area contributed by atoms with E-state index in [0.29, 0.717) is 22.6 Å². The third-order valence-electron chi connectivity index (χ3n) is 4.60. The third-order valence-corrected chi connectivity index (χ3v) is 4.60. The zero-order chi connectivity index (χ0) is 18.4. The summed E-state index contributed by atoms with van der Waals surface area (Å²) in [4.78, 5) is 12.7. The Labute approximate surface area is 145 Å². The lowest BCUT2D eigenvalue weighted by Crippen LogP contribution is -2.47. The van der Waals surface area contributed by atoms with Gasteiger partial charge in [0.25, 0.3) is 0 Å². The molecule has 0 radical (unpaired) electrons. The van der Waals surface area contributed by atoms with Gasteiger partial charge in [-0.1, -0.05) is 0 Å². The van der Waals surface area contributed by atoms with E-state index in [1.54, 1.807) is 39.1 Å². The smallest absolute Gasteiger partial charge is 0.206 e. The zero-order valence-electron chi connectivity index (χ0n) is 14.1. The van der Waals surface area contributed by atoms with Crippen molar-refractivity contribution in [2.75, 3.05) is 7.05 Å². The van der Waals surface area contributed by atoms with Gasteiger partial charge in [-0.05, 0) is 32.0 Å². The molecule has 0 aromatic heterocycles. The standard InChI is InChI=1S/C18H19N3O4/c1-18(2)16(23)11-5-4-10(9-19)8-12(11)15(17(18)24)25-13-6-7-14(22)21(3)20-13/h4-8,15,17,20,22,24H,1-3H3/t15-,17+/m0/s1. The number of nitrogens with one attached hydrogen (secondary N) is 1. The number of carbonyl (C=O) groups is 1. The molecule has 0 fully saturated rings. The van der Waals surface area contributed by atoms with Crippen molar-refractivity contribution in [3.05, 3.63) is 58.8 Å². The Balaban J connectivity index is 2.05. The molecule has 1 aromatic rings. The Morgan fingerprint density at radius 1 is 1.36 bits per heavy atom. The van der Waals surface area contributed by atoms with Crippen LogP contribution in [0.25, 0.3) is 0 Å². The van der Waals surface area contributed by atoms with Crippen molar-refractivity contribution in [1.82, 2.24) is 10.4 Å². The molecule has 3 rings (SSSR count). The molecule has 2 aliphatic rings. The maximum atomic E-state index is 12.7. The quantitative estimate of drug-likeness (QED) is 0.754. The van der Waals surface area contributed by atoms with Crippen LogP contribution in [0.2, 0.25) is 0 Å². The maximum Gasteiger partial charge on any atom is 0.206 e. The highest BCUT2D eigenvalue weighted by Gasteiger charge is 2.48. The van der Waals surface area contributed by atoms with Crippen LogP contribution in [0.3, 0.4) is 0 Å². The second-order valence-corrected chi connectivity index (χ2v) is 6.67. The van der Waals surface area contributed by atoms with E-state index in [4.69, 9.17) is 10.00 Å². The molecule has 7 heteroatoms. The minimum absolute atomic E-state index is 0.0132. The van der Waals surface area contributed by atoms with Gasteiger partial charge in [-0.3, -0.25) is 15.2 Å². The Morgan fingerprint density at radius 2 is 2.08 bits per heavy atom. The normalized spacial score (nSPS) is 24.4. The molecule has 1 heterocycles. The molecule has 0 spiro atoms. The van der Waals surface area contributed by atoms with Crippen LogP contribution in [0.1, 0.15) is 41.4 Å². The van der Waals surface area contributed by atoms with Crippen molar-refractivity contribution in [2.24, 2.45) is 5.41 Å². The summed E-state index contributed by atoms with van der Waals surface area (Å²) in [7, 11) is 1.61. The number of hydrogen-bond acceptors (Lipinski definition) is 7. The number of hydrazine groups is 1. The van der Waals surface area contributed by atoms with Crippen molar-refractivity contribution in [3.63, 3.8) is 0 Å². The van der Waals surface area contributed by atoms with Gasteiger partial charge in [0.2, 0.25) is 11.8 Å². The number of benzene rings is 1. The Morgan fingerprint density at radius 3 is 2.72 bits per heavy atom. The first-order valence-electron chi connectivity index (χ1n) is 7.80. The minimum Gasteiger partial charge on any atom is -0.494 e. The number of carbonyl (C=O) groups excluding carboxylic acids is 1. The topological polar surface area (TPSA) is 106 Å². The summed E-state index contributed by atoms with van der Waals surface area (Å²) in [5, 5.41) is 30.9. The molecule has 25 heavy (non-hydrogen) atoms. The van der Waals surface area contributed by atoms with Gasteiger partial charge < -0.3 is 14.9 Å². The van der Waals surface area contributed by atoms with E-state index in [-0.39, 0.29) is 11.7 Å². The molecule has 130 valence electrons. The highest BCUT2D eigenvalue weighted by molar-refractivity contribution is 6.03. The number of hydrogen-bond donors (Lipinski definition) is 3. The first-order chi connectivity index (χ1) is 11.8. The number of aliphatic hydroxyl groups excluding tert-OH is 2. The van der Waals surface area contributed by atoms with E-state index in [9.17, 15) is 15.0 Å². The van der Waals surface area contributed by atoms with Gasteiger partial charge in [-0.25, -0.2) is 0 Å². The number of nitriles is 1. The lowest BCUT2D eigenvalue weighted by Gasteiger charge is -2.41. The molecule has 2 atom stereocenters. The number of nitrogens with zero attached hydrogens (tertiary/aromatic N) is 2. The summed E-state index contributed by atoms with van der Waals surface area (Å²) < 4.78 is 5.91. The summed E-state index contributed by atoms with van der Waals surface area (Å²) in [6.07, 6.45) is 1.04. The van der Waals surface area contributed by atoms with Crippen LogP contribution in [0.4, 0.5) is 0 Å². The van der Waals surface area contributed by atoms with Gasteiger partial charge in [-0.2, -0.15) is 5.26 Å². The van der Waals surface area contributed by atoms with Crippen LogP contribution < -0.4 is 5.43 Å². The second kappa shape index (κ2) is 5.83. The molecule has 0 saturated carbocycles. The largest absolute Gasteiger partial charge is 0.494 e. The highest BCUT2D eigenvalue weighted by Crippen LogP contribution is 2.43. The van der Waals surface area contributed by atoms with Gasteiger partial charge in [0, 0.05) is 30.3 Å². The molecule has 0 bridgehead atoms. The van der Waals surface area contributed by atoms with Crippen LogP contribution in [-0.2, 0) is 4.74 Å². The Kier molecular flexibility index (Phi) is 3.93. The van der Waals surface area contributed by atoms with Crippen LogP contribution in [-0.4, -0.2) is 34.2 Å². The van der Waals surface area contributed by atoms with E-state index in [1.165, 1.54) is 17.2 Å². The number of rotatable bonds is 2. The molecular formula is C18H19N3O4. The molecule has 1 aliphatic carbocycles. The van der Waals surface area contributed by atoms with E-state index in [1.807, 2.05) is 6.07 Å². The summed E-state index contributed by atoms with van der Waals surface area (Å²) in [6, 6.07) is 6.78. The Bertz CT molecular complexity index is 835. The number of allylic oxidation sites excluding steroid dienone is 2. The summed E-state index contributed by atoms with van der Waals surface area (Å²) in [5.74, 6) is 0.126. The average molecular weight is 341 g/mol. The fraction of sp³-hybridized carbons (Fsp3) is 0.333. The number of ketones is 1. The van der Waals surface area contributed by atoms with E-state index in [2.05, 4.69) is 5.43 Å². The zero-order valence-corrected chi connectivity index (χ0v) is 14.1. The predicted octanol–water partition coefficient (Wildman–Crippen LogP) is 1.89. The minimum atomic E-state index is -1.10. The maximum absolute atomic E-state index is 12.7. The monoisotopic (exact) mass is 341 g/mol. The van der Waals surface area contributed by atoms with Crippen LogP contribution >= 0.6 is 0 Å². The van der Waals surface area contributed by atoms with Gasteiger partial charge in [0.1, 0.15) is 6.10 Å². The molecule has 7 nitrogen and oxygen atoms in total. The molecule has 1 aliphatic heterocycles. The SMILES string of the molecule is CN1NC(O[C@H]2c3cc(C#N)ccc3C(=O)C(C)(C)[C@@H]2O)=CC=C1O. The molecule has 3 N–H and O–H groups in total. The summed E-state index contributed by atoms with van der Waals surface area (Å²) >= 11 is 0. The first-order valence-corrected chi connectivity index (χ1v) is 7.80.